The highest BCUT2D eigenvalue weighted by Gasteiger charge is 2.21. The molecule has 29 heavy (non-hydrogen) atoms. The molecular formula is C21H28FN3O3S. The van der Waals surface area contributed by atoms with Crippen LogP contribution in [0, 0.1) is 5.82 Å². The highest BCUT2D eigenvalue weighted by atomic mass is 32.2. The number of nitrogens with one attached hydrogen (secondary N) is 1. The van der Waals surface area contributed by atoms with Crippen LogP contribution in [0.4, 0.5) is 10.1 Å². The van der Waals surface area contributed by atoms with Gasteiger partial charge < -0.3 is 10.2 Å². The first kappa shape index (κ1) is 22.8. The molecular weight excluding hydrogens is 393 g/mol. The van der Waals surface area contributed by atoms with Crippen molar-refractivity contribution in [1.82, 2.24) is 9.21 Å². The summed E-state index contributed by atoms with van der Waals surface area (Å²) < 4.78 is 39.5. The van der Waals surface area contributed by atoms with Gasteiger partial charge in [-0.3, -0.25) is 4.79 Å². The molecule has 2 rings (SSSR count). The Balaban J connectivity index is 1.98. The number of sulfonamides is 1. The minimum Gasteiger partial charge on any atom is -0.376 e. The van der Waals surface area contributed by atoms with Crippen molar-refractivity contribution >= 4 is 21.6 Å². The van der Waals surface area contributed by atoms with Gasteiger partial charge in [-0.2, -0.15) is 4.31 Å². The molecule has 1 atom stereocenters. The van der Waals surface area contributed by atoms with Gasteiger partial charge in [-0.25, -0.2) is 12.8 Å². The Labute approximate surface area is 172 Å². The maximum Gasteiger partial charge on any atom is 0.243 e. The second-order valence-corrected chi connectivity index (χ2v) is 8.64. The van der Waals surface area contributed by atoms with Crippen LogP contribution < -0.4 is 5.32 Å². The molecule has 0 saturated carbocycles. The van der Waals surface area contributed by atoms with E-state index in [1.54, 1.807) is 50.1 Å². The molecule has 1 amide bonds. The SMILES string of the molecule is CCN(CC)S(=O)(=O)c1ccc(NCC(=O)N(C)C(C)c2ccc(F)cc2)cc1. The van der Waals surface area contributed by atoms with Gasteiger partial charge in [0.05, 0.1) is 17.5 Å². The molecule has 2 aromatic carbocycles. The highest BCUT2D eigenvalue weighted by molar-refractivity contribution is 7.89. The third kappa shape index (κ3) is 5.55. The van der Waals surface area contributed by atoms with Gasteiger partial charge in [-0.1, -0.05) is 26.0 Å². The van der Waals surface area contributed by atoms with Crippen LogP contribution in [0.15, 0.2) is 53.4 Å². The van der Waals surface area contributed by atoms with Crippen LogP contribution in [0.2, 0.25) is 0 Å². The van der Waals surface area contributed by atoms with E-state index in [1.165, 1.54) is 28.6 Å². The van der Waals surface area contributed by atoms with Crippen molar-refractivity contribution in [2.24, 2.45) is 0 Å². The zero-order valence-electron chi connectivity index (χ0n) is 17.2. The molecule has 0 aliphatic heterocycles. The second kappa shape index (κ2) is 9.84. The van der Waals surface area contributed by atoms with E-state index in [2.05, 4.69) is 5.32 Å². The monoisotopic (exact) mass is 421 g/mol. The number of benzene rings is 2. The zero-order valence-corrected chi connectivity index (χ0v) is 18.0. The van der Waals surface area contributed by atoms with Crippen LogP contribution in [0.1, 0.15) is 32.4 Å². The van der Waals surface area contributed by atoms with Crippen molar-refractivity contribution in [3.63, 3.8) is 0 Å². The molecule has 0 saturated heterocycles. The topological polar surface area (TPSA) is 69.7 Å². The average molecular weight is 422 g/mol. The van der Waals surface area contributed by atoms with Crippen molar-refractivity contribution in [3.05, 3.63) is 59.9 Å². The molecule has 8 heteroatoms. The summed E-state index contributed by atoms with van der Waals surface area (Å²) >= 11 is 0. The third-order valence-electron chi connectivity index (χ3n) is 4.97. The van der Waals surface area contributed by atoms with Crippen LogP contribution >= 0.6 is 0 Å². The number of carbonyl (C=O) groups is 1. The predicted octanol–water partition coefficient (Wildman–Crippen LogP) is 3.49. The lowest BCUT2D eigenvalue weighted by molar-refractivity contribution is -0.129. The summed E-state index contributed by atoms with van der Waals surface area (Å²) in [6, 6.07) is 12.2. The molecule has 2 aromatic rings. The van der Waals surface area contributed by atoms with E-state index in [1.807, 2.05) is 6.92 Å². The number of amides is 1. The Morgan fingerprint density at radius 2 is 1.59 bits per heavy atom. The highest BCUT2D eigenvalue weighted by Crippen LogP contribution is 2.20. The fourth-order valence-corrected chi connectivity index (χ4v) is 4.40. The lowest BCUT2D eigenvalue weighted by atomic mass is 10.1. The normalized spacial score (nSPS) is 12.6. The number of nitrogens with zero attached hydrogens (tertiary/aromatic N) is 2. The van der Waals surface area contributed by atoms with Crippen LogP contribution in [0.25, 0.3) is 0 Å². The van der Waals surface area contributed by atoms with E-state index in [-0.39, 0.29) is 29.2 Å². The average Bonchev–Trinajstić information content (AvgIpc) is 2.72. The minimum absolute atomic E-state index is 0.0597. The Bertz CT molecular complexity index is 911. The number of likely N-dealkylation sites (N-methyl/N-ethyl adjacent to an activating group) is 1. The first-order valence-electron chi connectivity index (χ1n) is 9.55. The van der Waals surface area contributed by atoms with Crippen molar-refractivity contribution in [3.8, 4) is 0 Å². The van der Waals surface area contributed by atoms with E-state index >= 15 is 0 Å². The fraction of sp³-hybridized carbons (Fsp3) is 0.381. The van der Waals surface area contributed by atoms with Gasteiger partial charge in [0.1, 0.15) is 5.82 Å². The molecule has 0 fully saturated rings. The number of carbonyl (C=O) groups excluding carboxylic acids is 1. The smallest absolute Gasteiger partial charge is 0.243 e. The summed E-state index contributed by atoms with van der Waals surface area (Å²) in [5, 5.41) is 3.02. The van der Waals surface area contributed by atoms with Gasteiger partial charge in [0.15, 0.2) is 0 Å². The van der Waals surface area contributed by atoms with Crippen molar-refractivity contribution in [2.75, 3.05) is 32.0 Å². The van der Waals surface area contributed by atoms with Gasteiger partial charge in [0, 0.05) is 25.8 Å². The molecule has 0 aliphatic carbocycles. The number of halogens is 1. The standard InChI is InChI=1S/C21H28FN3O3S/c1-5-25(6-2)29(27,28)20-13-11-19(12-14-20)23-15-21(26)24(4)16(3)17-7-9-18(22)10-8-17/h7-14,16,23H,5-6,15H2,1-4H3. The van der Waals surface area contributed by atoms with Gasteiger partial charge >= 0.3 is 0 Å². The summed E-state index contributed by atoms with van der Waals surface area (Å²) in [5.74, 6) is -0.454. The number of hydrogen-bond donors (Lipinski definition) is 1. The Kier molecular flexibility index (Phi) is 7.75. The Morgan fingerprint density at radius 1 is 1.03 bits per heavy atom. The quantitative estimate of drug-likeness (QED) is 0.673. The van der Waals surface area contributed by atoms with Gasteiger partial charge in [0.2, 0.25) is 15.9 Å². The largest absolute Gasteiger partial charge is 0.376 e. The van der Waals surface area contributed by atoms with E-state index < -0.39 is 10.0 Å². The van der Waals surface area contributed by atoms with Crippen LogP contribution in [-0.4, -0.2) is 50.2 Å². The van der Waals surface area contributed by atoms with Gasteiger partial charge in [-0.05, 0) is 48.9 Å². The number of anilines is 1. The summed E-state index contributed by atoms with van der Waals surface area (Å²) in [7, 11) is -1.81. The van der Waals surface area contributed by atoms with E-state index in [0.717, 1.165) is 5.56 Å². The number of hydrogen-bond acceptors (Lipinski definition) is 4. The maximum absolute atomic E-state index is 13.1. The van der Waals surface area contributed by atoms with Crippen LogP contribution in [-0.2, 0) is 14.8 Å². The molecule has 158 valence electrons. The Morgan fingerprint density at radius 3 is 2.10 bits per heavy atom. The summed E-state index contributed by atoms with van der Waals surface area (Å²) in [4.78, 5) is 14.3. The fourth-order valence-electron chi connectivity index (χ4n) is 2.94. The first-order valence-corrected chi connectivity index (χ1v) is 11.0. The van der Waals surface area contributed by atoms with Crippen molar-refractivity contribution < 1.29 is 17.6 Å². The zero-order chi connectivity index (χ0) is 21.6. The molecule has 0 radical (unpaired) electrons. The molecule has 0 bridgehead atoms. The summed E-state index contributed by atoms with van der Waals surface area (Å²) in [5.41, 5.74) is 1.49. The third-order valence-corrected chi connectivity index (χ3v) is 7.03. The van der Waals surface area contributed by atoms with Crippen LogP contribution in [0.3, 0.4) is 0 Å². The van der Waals surface area contributed by atoms with Crippen molar-refractivity contribution in [1.29, 1.82) is 0 Å². The van der Waals surface area contributed by atoms with E-state index in [0.29, 0.717) is 18.8 Å². The van der Waals surface area contributed by atoms with Gasteiger partial charge in [0.25, 0.3) is 0 Å². The predicted molar refractivity (Wildman–Crippen MR) is 113 cm³/mol. The van der Waals surface area contributed by atoms with Crippen LogP contribution in [0.5, 0.6) is 0 Å². The second-order valence-electron chi connectivity index (χ2n) is 6.70. The van der Waals surface area contributed by atoms with E-state index in [4.69, 9.17) is 0 Å². The van der Waals surface area contributed by atoms with Crippen molar-refractivity contribution in [2.45, 2.75) is 31.7 Å². The summed E-state index contributed by atoms with van der Waals surface area (Å²) in [6.07, 6.45) is 0. The molecule has 6 nitrogen and oxygen atoms in total. The van der Waals surface area contributed by atoms with Gasteiger partial charge in [-0.15, -0.1) is 0 Å². The summed E-state index contributed by atoms with van der Waals surface area (Å²) in [6.45, 7) is 6.35. The lowest BCUT2D eigenvalue weighted by Crippen LogP contribution is -2.34. The van der Waals surface area contributed by atoms with E-state index in [9.17, 15) is 17.6 Å². The first-order chi connectivity index (χ1) is 13.7. The molecule has 0 aromatic heterocycles. The maximum atomic E-state index is 13.1. The molecule has 0 aliphatic rings. The molecule has 0 spiro atoms. The number of rotatable bonds is 9. The Hall–Kier alpha value is -2.45. The molecule has 1 unspecified atom stereocenters. The lowest BCUT2D eigenvalue weighted by Gasteiger charge is -2.25. The minimum atomic E-state index is -3.50. The molecule has 0 heterocycles. The molecule has 1 N–H and O–H groups in total.